The molecule has 2 aromatic rings. The van der Waals surface area contributed by atoms with Crippen molar-refractivity contribution in [1.29, 1.82) is 0 Å². The molecule has 6 nitrogen and oxygen atoms in total. The molecule has 1 fully saturated rings. The van der Waals surface area contributed by atoms with Crippen molar-refractivity contribution in [2.45, 2.75) is 45.8 Å². The highest BCUT2D eigenvalue weighted by Crippen LogP contribution is 2.19. The Kier molecular flexibility index (Phi) is 4.43. The van der Waals surface area contributed by atoms with Crippen molar-refractivity contribution < 1.29 is 9.21 Å². The molecule has 1 amide bonds. The zero-order valence-electron chi connectivity index (χ0n) is 14.3. The molecule has 2 heterocycles. The molecule has 3 unspecified atom stereocenters. The number of fused-ring (bicyclic) bond motifs is 1. The van der Waals surface area contributed by atoms with Gasteiger partial charge in [0, 0.05) is 30.1 Å². The zero-order chi connectivity index (χ0) is 17.4. The van der Waals surface area contributed by atoms with Gasteiger partial charge in [-0.05, 0) is 45.4 Å². The highest BCUT2D eigenvalue weighted by Gasteiger charge is 2.35. The summed E-state index contributed by atoms with van der Waals surface area (Å²) in [6, 6.07) is 7.01. The third-order valence-corrected chi connectivity index (χ3v) is 4.74. The van der Waals surface area contributed by atoms with E-state index in [0.717, 1.165) is 5.56 Å². The maximum absolute atomic E-state index is 12.5. The predicted octanol–water partition coefficient (Wildman–Crippen LogP) is 1.72. The molecule has 1 saturated heterocycles. The normalized spacial score (nSPS) is 24.9. The molecule has 3 rings (SSSR count). The van der Waals surface area contributed by atoms with Crippen molar-refractivity contribution in [2.24, 2.45) is 5.92 Å². The maximum atomic E-state index is 12.5. The Morgan fingerprint density at radius 3 is 2.54 bits per heavy atom. The van der Waals surface area contributed by atoms with Crippen molar-refractivity contribution in [3.05, 3.63) is 45.8 Å². The largest absolute Gasteiger partial charge is 0.451 e. The van der Waals surface area contributed by atoms with Crippen LogP contribution in [0.2, 0.25) is 0 Å². The number of rotatable bonds is 3. The van der Waals surface area contributed by atoms with Crippen molar-refractivity contribution in [3.8, 4) is 0 Å². The first-order chi connectivity index (χ1) is 11.4. The average Bonchev–Trinajstić information content (AvgIpc) is 2.85. The lowest BCUT2D eigenvalue weighted by Gasteiger charge is -2.26. The molecule has 1 aliphatic rings. The molecule has 0 bridgehead atoms. The van der Waals surface area contributed by atoms with Crippen LogP contribution < -0.4 is 21.6 Å². The summed E-state index contributed by atoms with van der Waals surface area (Å²) in [5, 5.41) is 3.44. The minimum absolute atomic E-state index is 0.0455. The molecular formula is C18H23N3O3. The predicted molar refractivity (Wildman–Crippen MR) is 92.8 cm³/mol. The third kappa shape index (κ3) is 3.07. The van der Waals surface area contributed by atoms with E-state index in [1.54, 1.807) is 12.1 Å². The molecule has 3 N–H and O–H groups in total. The summed E-state index contributed by atoms with van der Waals surface area (Å²) < 4.78 is 5.66. The first kappa shape index (κ1) is 16.7. The second kappa shape index (κ2) is 6.37. The molecule has 0 radical (unpaired) electrons. The lowest BCUT2D eigenvalue weighted by Crippen LogP contribution is -2.45. The fourth-order valence-electron chi connectivity index (χ4n) is 3.50. The van der Waals surface area contributed by atoms with E-state index in [1.165, 1.54) is 6.07 Å². The number of amides is 1. The van der Waals surface area contributed by atoms with Crippen molar-refractivity contribution in [1.82, 2.24) is 16.2 Å². The smallest absolute Gasteiger partial charge is 0.287 e. The van der Waals surface area contributed by atoms with E-state index in [-0.39, 0.29) is 41.1 Å². The molecule has 1 aromatic carbocycles. The molecule has 6 heteroatoms. The Morgan fingerprint density at radius 2 is 1.88 bits per heavy atom. The molecule has 1 aromatic heterocycles. The minimum Gasteiger partial charge on any atom is -0.451 e. The quantitative estimate of drug-likeness (QED) is 0.799. The Labute approximate surface area is 140 Å². The van der Waals surface area contributed by atoms with Gasteiger partial charge in [-0.15, -0.1) is 0 Å². The van der Waals surface area contributed by atoms with Crippen LogP contribution in [0.1, 0.15) is 36.9 Å². The van der Waals surface area contributed by atoms with Gasteiger partial charge in [0.1, 0.15) is 5.58 Å². The Balaban J connectivity index is 1.85. The van der Waals surface area contributed by atoms with Crippen molar-refractivity contribution in [3.63, 3.8) is 0 Å². The van der Waals surface area contributed by atoms with Gasteiger partial charge in [-0.2, -0.15) is 0 Å². The van der Waals surface area contributed by atoms with E-state index < -0.39 is 0 Å². The molecule has 128 valence electrons. The van der Waals surface area contributed by atoms with Crippen molar-refractivity contribution in [2.75, 3.05) is 0 Å². The summed E-state index contributed by atoms with van der Waals surface area (Å²) >= 11 is 0. The number of carbonyl (C=O) groups excluding carboxylic acids is 1. The first-order valence-corrected chi connectivity index (χ1v) is 8.23. The molecule has 0 spiro atoms. The van der Waals surface area contributed by atoms with Crippen LogP contribution >= 0.6 is 0 Å². The second-order valence-electron chi connectivity index (χ2n) is 6.68. The van der Waals surface area contributed by atoms with Gasteiger partial charge < -0.3 is 9.73 Å². The highest BCUT2D eigenvalue weighted by atomic mass is 16.3. The second-order valence-corrected chi connectivity index (χ2v) is 6.68. The van der Waals surface area contributed by atoms with Gasteiger partial charge in [0.15, 0.2) is 11.2 Å². The topological polar surface area (TPSA) is 83.4 Å². The van der Waals surface area contributed by atoms with Gasteiger partial charge in [-0.1, -0.05) is 6.07 Å². The maximum Gasteiger partial charge on any atom is 0.287 e. The number of hydrogen-bond donors (Lipinski definition) is 3. The minimum atomic E-state index is -0.366. The van der Waals surface area contributed by atoms with E-state index >= 15 is 0 Å². The van der Waals surface area contributed by atoms with E-state index in [0.29, 0.717) is 11.0 Å². The van der Waals surface area contributed by atoms with E-state index in [2.05, 4.69) is 30.0 Å². The fraction of sp³-hybridized carbons (Fsp3) is 0.444. The standard InChI is InChI=1S/C18H23N3O3/c1-9-5-6-13-14(22)8-16(24-15(13)7-9)18(23)19-10(2)17-11(3)20-21-12(17)4/h5-8,10-12,17,20-21H,1-4H3,(H,19,23). The third-order valence-electron chi connectivity index (χ3n) is 4.74. The SMILES string of the molecule is Cc1ccc2c(=O)cc(C(=O)NC(C)C3C(C)NNC3C)oc2c1. The van der Waals surface area contributed by atoms with Crippen LogP contribution in [0, 0.1) is 12.8 Å². The van der Waals surface area contributed by atoms with Gasteiger partial charge in [0.05, 0.1) is 5.39 Å². The van der Waals surface area contributed by atoms with Crippen LogP contribution in [0.25, 0.3) is 11.0 Å². The van der Waals surface area contributed by atoms with Gasteiger partial charge in [0.25, 0.3) is 5.91 Å². The van der Waals surface area contributed by atoms with Crippen LogP contribution in [0.3, 0.4) is 0 Å². The summed E-state index contributed by atoms with van der Waals surface area (Å²) in [6.07, 6.45) is 0. The molecule has 1 aliphatic heterocycles. The molecule has 0 aliphatic carbocycles. The van der Waals surface area contributed by atoms with Gasteiger partial charge in [0.2, 0.25) is 0 Å². The summed E-state index contributed by atoms with van der Waals surface area (Å²) in [6.45, 7) is 8.02. The molecular weight excluding hydrogens is 306 g/mol. The summed E-state index contributed by atoms with van der Waals surface area (Å²) in [5.41, 5.74) is 7.56. The van der Waals surface area contributed by atoms with E-state index in [9.17, 15) is 9.59 Å². The van der Waals surface area contributed by atoms with Gasteiger partial charge in [-0.3, -0.25) is 20.4 Å². The van der Waals surface area contributed by atoms with Gasteiger partial charge in [-0.25, -0.2) is 0 Å². The number of aryl methyl sites for hydroxylation is 1. The summed E-state index contributed by atoms with van der Waals surface area (Å²) in [5.74, 6) is -0.0816. The Bertz CT molecular complexity index is 820. The van der Waals surface area contributed by atoms with Crippen LogP contribution in [0.4, 0.5) is 0 Å². The van der Waals surface area contributed by atoms with Crippen molar-refractivity contribution >= 4 is 16.9 Å². The molecule has 3 atom stereocenters. The fourth-order valence-corrected chi connectivity index (χ4v) is 3.50. The first-order valence-electron chi connectivity index (χ1n) is 8.23. The zero-order valence-corrected chi connectivity index (χ0v) is 14.3. The number of hydrazine groups is 1. The Morgan fingerprint density at radius 1 is 1.21 bits per heavy atom. The van der Waals surface area contributed by atoms with E-state index in [1.807, 2.05) is 19.9 Å². The van der Waals surface area contributed by atoms with Crippen LogP contribution in [0.15, 0.2) is 33.5 Å². The van der Waals surface area contributed by atoms with Gasteiger partial charge >= 0.3 is 0 Å². The Hall–Kier alpha value is -2.18. The van der Waals surface area contributed by atoms with Crippen LogP contribution in [-0.2, 0) is 0 Å². The average molecular weight is 329 g/mol. The summed E-state index contributed by atoms with van der Waals surface area (Å²) in [4.78, 5) is 24.7. The number of hydrogen-bond acceptors (Lipinski definition) is 5. The number of carbonyl (C=O) groups is 1. The van der Waals surface area contributed by atoms with Crippen LogP contribution in [-0.4, -0.2) is 24.0 Å². The number of nitrogens with one attached hydrogen (secondary N) is 3. The van der Waals surface area contributed by atoms with Crippen LogP contribution in [0.5, 0.6) is 0 Å². The van der Waals surface area contributed by atoms with E-state index in [4.69, 9.17) is 4.42 Å². The monoisotopic (exact) mass is 329 g/mol. The molecule has 0 saturated carbocycles. The lowest BCUT2D eigenvalue weighted by molar-refractivity contribution is 0.0895. The molecule has 24 heavy (non-hydrogen) atoms. The number of benzene rings is 1. The highest BCUT2D eigenvalue weighted by molar-refractivity contribution is 5.93. The lowest BCUT2D eigenvalue weighted by atomic mass is 9.89. The summed E-state index contributed by atoms with van der Waals surface area (Å²) in [7, 11) is 0.